The van der Waals surface area contributed by atoms with E-state index in [0.29, 0.717) is 6.42 Å². The number of rotatable bonds is 3. The fourth-order valence-corrected chi connectivity index (χ4v) is 2.05. The molecule has 2 nitrogen and oxygen atoms in total. The first-order valence-corrected chi connectivity index (χ1v) is 5.52. The van der Waals surface area contributed by atoms with Gasteiger partial charge in [0, 0.05) is 17.1 Å². The fourth-order valence-electron chi connectivity index (χ4n) is 1.43. The molecule has 0 fully saturated rings. The van der Waals surface area contributed by atoms with Crippen LogP contribution in [0.15, 0.2) is 36.0 Å². The third kappa shape index (κ3) is 2.61. The lowest BCUT2D eigenvalue weighted by Crippen LogP contribution is -2.11. The Bertz CT molecular complexity index is 428. The van der Waals surface area contributed by atoms with Crippen LogP contribution in [0.3, 0.4) is 0 Å². The third-order valence-corrected chi connectivity index (χ3v) is 3.07. The summed E-state index contributed by atoms with van der Waals surface area (Å²) in [5, 5.41) is 0. The molecule has 1 atom stereocenters. The second-order valence-electron chi connectivity index (χ2n) is 3.34. The highest BCUT2D eigenvalue weighted by Crippen LogP contribution is 2.19. The van der Waals surface area contributed by atoms with Gasteiger partial charge in [-0.3, -0.25) is 4.98 Å². The number of thiazole rings is 1. The molecule has 0 aliphatic rings. The van der Waals surface area contributed by atoms with E-state index < -0.39 is 0 Å². The summed E-state index contributed by atoms with van der Waals surface area (Å²) >= 11 is 1.52. The van der Waals surface area contributed by atoms with Gasteiger partial charge in [0.1, 0.15) is 5.82 Å². The van der Waals surface area contributed by atoms with Crippen molar-refractivity contribution >= 4 is 11.3 Å². The minimum Gasteiger partial charge on any atom is -0.323 e. The van der Waals surface area contributed by atoms with E-state index in [1.807, 2.05) is 6.07 Å². The Morgan fingerprint density at radius 3 is 3.00 bits per heavy atom. The standard InChI is InChI=1S/C11H11FN2S/c12-9-3-1-2-8(4-9)5-10(13)11-6-14-7-15-11/h1-4,6-7,10H,5,13H2. The van der Waals surface area contributed by atoms with E-state index >= 15 is 0 Å². The summed E-state index contributed by atoms with van der Waals surface area (Å²) in [7, 11) is 0. The lowest BCUT2D eigenvalue weighted by molar-refractivity contribution is 0.622. The van der Waals surface area contributed by atoms with Crippen molar-refractivity contribution in [1.29, 1.82) is 0 Å². The van der Waals surface area contributed by atoms with E-state index in [0.717, 1.165) is 10.4 Å². The van der Waals surface area contributed by atoms with E-state index in [-0.39, 0.29) is 11.9 Å². The van der Waals surface area contributed by atoms with Crippen molar-refractivity contribution in [2.45, 2.75) is 12.5 Å². The molecule has 2 aromatic rings. The van der Waals surface area contributed by atoms with Gasteiger partial charge in [0.05, 0.1) is 5.51 Å². The van der Waals surface area contributed by atoms with E-state index in [4.69, 9.17) is 5.73 Å². The van der Waals surface area contributed by atoms with Crippen LogP contribution in [0, 0.1) is 5.82 Å². The molecule has 0 radical (unpaired) electrons. The van der Waals surface area contributed by atoms with Gasteiger partial charge in [-0.2, -0.15) is 0 Å². The Morgan fingerprint density at radius 1 is 1.47 bits per heavy atom. The smallest absolute Gasteiger partial charge is 0.123 e. The molecule has 1 aromatic carbocycles. The first kappa shape index (κ1) is 10.3. The molecule has 1 aromatic heterocycles. The molecule has 0 saturated heterocycles. The molecule has 0 aliphatic heterocycles. The zero-order chi connectivity index (χ0) is 10.7. The zero-order valence-corrected chi connectivity index (χ0v) is 8.88. The molecule has 0 aliphatic carbocycles. The predicted octanol–water partition coefficient (Wildman–Crippen LogP) is 2.52. The Kier molecular flexibility index (Phi) is 3.08. The minimum absolute atomic E-state index is 0.0979. The van der Waals surface area contributed by atoms with Crippen LogP contribution < -0.4 is 5.73 Å². The Balaban J connectivity index is 2.09. The maximum absolute atomic E-state index is 12.9. The largest absolute Gasteiger partial charge is 0.323 e. The van der Waals surface area contributed by atoms with E-state index in [9.17, 15) is 4.39 Å². The molecule has 4 heteroatoms. The van der Waals surface area contributed by atoms with Gasteiger partial charge in [-0.25, -0.2) is 4.39 Å². The lowest BCUT2D eigenvalue weighted by Gasteiger charge is -2.08. The third-order valence-electron chi connectivity index (χ3n) is 2.16. The van der Waals surface area contributed by atoms with Gasteiger partial charge in [-0.1, -0.05) is 12.1 Å². The fraction of sp³-hybridized carbons (Fsp3) is 0.182. The Morgan fingerprint density at radius 2 is 2.33 bits per heavy atom. The van der Waals surface area contributed by atoms with Crippen molar-refractivity contribution in [3.63, 3.8) is 0 Å². The summed E-state index contributed by atoms with van der Waals surface area (Å²) in [6, 6.07) is 6.43. The summed E-state index contributed by atoms with van der Waals surface area (Å²) in [5.41, 5.74) is 8.63. The van der Waals surface area contributed by atoms with Gasteiger partial charge in [-0.05, 0) is 24.1 Å². The van der Waals surface area contributed by atoms with Crippen LogP contribution in [0.25, 0.3) is 0 Å². The molecule has 0 bridgehead atoms. The second kappa shape index (κ2) is 4.51. The molecule has 1 heterocycles. The van der Waals surface area contributed by atoms with Crippen LogP contribution in [0.5, 0.6) is 0 Å². The Labute approximate surface area is 91.6 Å². The van der Waals surface area contributed by atoms with Crippen molar-refractivity contribution in [2.75, 3.05) is 0 Å². The van der Waals surface area contributed by atoms with E-state index in [1.54, 1.807) is 17.8 Å². The van der Waals surface area contributed by atoms with Crippen LogP contribution in [-0.2, 0) is 6.42 Å². The Hall–Kier alpha value is -1.26. The predicted molar refractivity (Wildman–Crippen MR) is 59.1 cm³/mol. The molecule has 15 heavy (non-hydrogen) atoms. The number of aromatic nitrogens is 1. The summed E-state index contributed by atoms with van der Waals surface area (Å²) in [4.78, 5) is 4.99. The van der Waals surface area contributed by atoms with Crippen LogP contribution in [0.2, 0.25) is 0 Å². The quantitative estimate of drug-likeness (QED) is 0.866. The van der Waals surface area contributed by atoms with Crippen molar-refractivity contribution in [3.8, 4) is 0 Å². The molecule has 0 amide bonds. The topological polar surface area (TPSA) is 38.9 Å². The summed E-state index contributed by atoms with van der Waals surface area (Å²) in [5.74, 6) is -0.219. The number of benzene rings is 1. The van der Waals surface area contributed by atoms with Crippen molar-refractivity contribution < 1.29 is 4.39 Å². The van der Waals surface area contributed by atoms with Crippen LogP contribution in [-0.4, -0.2) is 4.98 Å². The normalized spacial score (nSPS) is 12.7. The highest BCUT2D eigenvalue weighted by atomic mass is 32.1. The number of hydrogen-bond acceptors (Lipinski definition) is 3. The SMILES string of the molecule is NC(Cc1cccc(F)c1)c1cncs1. The zero-order valence-electron chi connectivity index (χ0n) is 8.06. The maximum atomic E-state index is 12.9. The van der Waals surface area contributed by atoms with Crippen LogP contribution >= 0.6 is 11.3 Å². The molecule has 0 spiro atoms. The highest BCUT2D eigenvalue weighted by Gasteiger charge is 2.08. The summed E-state index contributed by atoms with van der Waals surface area (Å²) in [6.07, 6.45) is 2.40. The first-order chi connectivity index (χ1) is 7.25. The summed E-state index contributed by atoms with van der Waals surface area (Å²) in [6.45, 7) is 0. The average Bonchev–Trinajstić information content (AvgIpc) is 2.70. The molecule has 2 N–H and O–H groups in total. The average molecular weight is 222 g/mol. The van der Waals surface area contributed by atoms with Gasteiger partial charge < -0.3 is 5.73 Å². The molecular weight excluding hydrogens is 211 g/mol. The van der Waals surface area contributed by atoms with Gasteiger partial charge in [0.2, 0.25) is 0 Å². The number of nitrogens with zero attached hydrogens (tertiary/aromatic N) is 1. The van der Waals surface area contributed by atoms with Gasteiger partial charge in [-0.15, -0.1) is 11.3 Å². The maximum Gasteiger partial charge on any atom is 0.123 e. The molecule has 2 rings (SSSR count). The first-order valence-electron chi connectivity index (χ1n) is 4.64. The van der Waals surface area contributed by atoms with Gasteiger partial charge >= 0.3 is 0 Å². The monoisotopic (exact) mass is 222 g/mol. The molecular formula is C11H11FN2S. The van der Waals surface area contributed by atoms with Crippen molar-refractivity contribution in [3.05, 3.63) is 52.2 Å². The number of halogens is 1. The van der Waals surface area contributed by atoms with Gasteiger partial charge in [0.15, 0.2) is 0 Å². The molecule has 78 valence electrons. The number of nitrogens with two attached hydrogens (primary N) is 1. The van der Waals surface area contributed by atoms with Crippen LogP contribution in [0.1, 0.15) is 16.5 Å². The number of hydrogen-bond donors (Lipinski definition) is 1. The van der Waals surface area contributed by atoms with Gasteiger partial charge in [0.25, 0.3) is 0 Å². The highest BCUT2D eigenvalue weighted by molar-refractivity contribution is 7.09. The van der Waals surface area contributed by atoms with Crippen molar-refractivity contribution in [2.24, 2.45) is 5.73 Å². The van der Waals surface area contributed by atoms with Crippen LogP contribution in [0.4, 0.5) is 4.39 Å². The lowest BCUT2D eigenvalue weighted by atomic mass is 10.1. The molecule has 0 saturated carbocycles. The van der Waals surface area contributed by atoms with E-state index in [2.05, 4.69) is 4.98 Å². The summed E-state index contributed by atoms with van der Waals surface area (Å²) < 4.78 is 12.9. The van der Waals surface area contributed by atoms with Crippen molar-refractivity contribution in [1.82, 2.24) is 4.98 Å². The molecule has 1 unspecified atom stereocenters. The second-order valence-corrected chi connectivity index (χ2v) is 4.26. The van der Waals surface area contributed by atoms with E-state index in [1.165, 1.54) is 23.5 Å². The minimum atomic E-state index is -0.219.